The minimum absolute atomic E-state index is 0.0412. The van der Waals surface area contributed by atoms with Crippen LogP contribution in [-0.2, 0) is 20.9 Å². The fourth-order valence-corrected chi connectivity index (χ4v) is 2.14. The molecule has 2 amide bonds. The number of nitrogens with one attached hydrogen (secondary N) is 1. The van der Waals surface area contributed by atoms with E-state index in [0.717, 1.165) is 5.56 Å². The molecule has 102 valence electrons. The molecule has 0 aliphatic carbocycles. The molecule has 1 N–H and O–H groups in total. The fraction of sp³-hybridized carbons (Fsp3) is 0.429. The maximum atomic E-state index is 12.2. The van der Waals surface area contributed by atoms with Crippen LogP contribution in [0.4, 0.5) is 0 Å². The Morgan fingerprint density at radius 3 is 2.74 bits per heavy atom. The number of amides is 2. The lowest BCUT2D eigenvalue weighted by atomic mass is 10.1. The predicted molar refractivity (Wildman–Crippen MR) is 70.3 cm³/mol. The van der Waals surface area contributed by atoms with E-state index in [-0.39, 0.29) is 18.4 Å². The van der Waals surface area contributed by atoms with Gasteiger partial charge in [0.05, 0.1) is 6.54 Å². The number of carbonyl (C=O) groups excluding carboxylic acids is 2. The first-order chi connectivity index (χ1) is 9.20. The smallest absolute Gasteiger partial charge is 0.246 e. The minimum Gasteiger partial charge on any atom is -0.385 e. The van der Waals surface area contributed by atoms with Gasteiger partial charge in [-0.25, -0.2) is 0 Å². The van der Waals surface area contributed by atoms with Crippen molar-refractivity contribution in [3.05, 3.63) is 35.9 Å². The van der Waals surface area contributed by atoms with Gasteiger partial charge in [0.1, 0.15) is 6.04 Å². The van der Waals surface area contributed by atoms with E-state index in [1.165, 1.54) is 0 Å². The largest absolute Gasteiger partial charge is 0.385 e. The summed E-state index contributed by atoms with van der Waals surface area (Å²) in [6.45, 7) is 1.05. The molecule has 1 atom stereocenters. The van der Waals surface area contributed by atoms with Crippen molar-refractivity contribution in [3.63, 3.8) is 0 Å². The van der Waals surface area contributed by atoms with Gasteiger partial charge in [-0.15, -0.1) is 0 Å². The second kappa shape index (κ2) is 6.33. The summed E-state index contributed by atoms with van der Waals surface area (Å²) in [6.07, 6.45) is 0.506. The van der Waals surface area contributed by atoms with Gasteiger partial charge in [-0.1, -0.05) is 30.3 Å². The Kier molecular flexibility index (Phi) is 4.52. The molecule has 2 rings (SSSR count). The van der Waals surface area contributed by atoms with Crippen molar-refractivity contribution in [3.8, 4) is 0 Å². The van der Waals surface area contributed by atoms with Crippen LogP contribution in [0.15, 0.2) is 30.3 Å². The van der Waals surface area contributed by atoms with E-state index < -0.39 is 6.04 Å². The molecule has 1 aliphatic rings. The van der Waals surface area contributed by atoms with Gasteiger partial charge in [-0.2, -0.15) is 0 Å². The van der Waals surface area contributed by atoms with Crippen LogP contribution in [0.2, 0.25) is 0 Å². The first kappa shape index (κ1) is 13.5. The number of carbonyl (C=O) groups is 2. The molecule has 0 radical (unpaired) electrons. The summed E-state index contributed by atoms with van der Waals surface area (Å²) in [7, 11) is 1.58. The first-order valence-electron chi connectivity index (χ1n) is 6.31. The van der Waals surface area contributed by atoms with E-state index in [4.69, 9.17) is 4.74 Å². The van der Waals surface area contributed by atoms with Crippen molar-refractivity contribution in [2.75, 3.05) is 20.3 Å². The Balaban J connectivity index is 2.03. The number of benzene rings is 1. The molecule has 1 saturated heterocycles. The van der Waals surface area contributed by atoms with Crippen LogP contribution in [0.1, 0.15) is 12.0 Å². The summed E-state index contributed by atoms with van der Waals surface area (Å²) >= 11 is 0. The molecule has 1 aromatic carbocycles. The Morgan fingerprint density at radius 2 is 2.05 bits per heavy atom. The van der Waals surface area contributed by atoms with Gasteiger partial charge in [0.25, 0.3) is 0 Å². The lowest BCUT2D eigenvalue weighted by Gasteiger charge is -2.32. The van der Waals surface area contributed by atoms with Crippen molar-refractivity contribution in [2.45, 2.75) is 19.0 Å². The van der Waals surface area contributed by atoms with Crippen molar-refractivity contribution in [1.82, 2.24) is 10.2 Å². The lowest BCUT2D eigenvalue weighted by molar-refractivity contribution is -0.145. The summed E-state index contributed by atoms with van der Waals surface area (Å²) in [6, 6.07) is 9.20. The molecule has 0 aromatic heterocycles. The number of rotatable bonds is 5. The van der Waals surface area contributed by atoms with Gasteiger partial charge in [0.15, 0.2) is 0 Å². The highest BCUT2D eigenvalue weighted by molar-refractivity contribution is 5.94. The Bertz CT molecular complexity index is 447. The van der Waals surface area contributed by atoms with Crippen molar-refractivity contribution in [1.29, 1.82) is 0 Å². The van der Waals surface area contributed by atoms with Gasteiger partial charge in [0.2, 0.25) is 11.8 Å². The number of methoxy groups -OCH3 is 1. The Hall–Kier alpha value is -1.88. The maximum Gasteiger partial charge on any atom is 0.246 e. The molecule has 5 nitrogen and oxygen atoms in total. The van der Waals surface area contributed by atoms with Gasteiger partial charge in [-0.05, 0) is 12.0 Å². The van der Waals surface area contributed by atoms with E-state index in [0.29, 0.717) is 19.6 Å². The second-order valence-corrected chi connectivity index (χ2v) is 4.58. The molecule has 19 heavy (non-hydrogen) atoms. The summed E-state index contributed by atoms with van der Waals surface area (Å²) < 4.78 is 4.96. The van der Waals surface area contributed by atoms with Gasteiger partial charge >= 0.3 is 0 Å². The summed E-state index contributed by atoms with van der Waals surface area (Å²) in [5.41, 5.74) is 1.02. The molecule has 5 heteroatoms. The Morgan fingerprint density at radius 1 is 1.32 bits per heavy atom. The van der Waals surface area contributed by atoms with E-state index in [2.05, 4.69) is 5.32 Å². The van der Waals surface area contributed by atoms with Crippen molar-refractivity contribution in [2.24, 2.45) is 0 Å². The molecule has 0 bridgehead atoms. The van der Waals surface area contributed by atoms with Crippen LogP contribution < -0.4 is 5.32 Å². The third-order valence-electron chi connectivity index (χ3n) is 3.11. The van der Waals surface area contributed by atoms with Crippen LogP contribution in [0, 0.1) is 0 Å². The second-order valence-electron chi connectivity index (χ2n) is 4.58. The van der Waals surface area contributed by atoms with E-state index in [1.807, 2.05) is 30.3 Å². The highest BCUT2D eigenvalue weighted by Gasteiger charge is 2.32. The number of nitrogens with zero attached hydrogens (tertiary/aromatic N) is 1. The lowest BCUT2D eigenvalue weighted by Crippen LogP contribution is -2.57. The zero-order valence-corrected chi connectivity index (χ0v) is 11.0. The SMILES string of the molecule is COCCC1NC(=O)CN(Cc2ccccc2)C1=O. The van der Waals surface area contributed by atoms with Crippen molar-refractivity contribution < 1.29 is 14.3 Å². The molecule has 0 saturated carbocycles. The minimum atomic E-state index is -0.468. The Labute approximate surface area is 112 Å². The average Bonchev–Trinajstić information content (AvgIpc) is 2.42. The third kappa shape index (κ3) is 3.54. The van der Waals surface area contributed by atoms with Crippen LogP contribution in [-0.4, -0.2) is 43.0 Å². The third-order valence-corrected chi connectivity index (χ3v) is 3.11. The number of hydrogen-bond donors (Lipinski definition) is 1. The van der Waals surface area contributed by atoms with Gasteiger partial charge in [-0.3, -0.25) is 9.59 Å². The van der Waals surface area contributed by atoms with E-state index in [1.54, 1.807) is 12.0 Å². The zero-order chi connectivity index (χ0) is 13.7. The van der Waals surface area contributed by atoms with E-state index in [9.17, 15) is 9.59 Å². The molecule has 1 aliphatic heterocycles. The summed E-state index contributed by atoms with van der Waals surface area (Å²) in [5, 5.41) is 2.71. The van der Waals surface area contributed by atoms with Crippen LogP contribution in [0.3, 0.4) is 0 Å². The molecule has 1 unspecified atom stereocenters. The highest BCUT2D eigenvalue weighted by Crippen LogP contribution is 2.11. The summed E-state index contributed by atoms with van der Waals surface area (Å²) in [5.74, 6) is -0.155. The van der Waals surface area contributed by atoms with Crippen LogP contribution in [0.5, 0.6) is 0 Å². The zero-order valence-electron chi connectivity index (χ0n) is 11.0. The van der Waals surface area contributed by atoms with E-state index >= 15 is 0 Å². The molecule has 1 aromatic rings. The van der Waals surface area contributed by atoms with Gasteiger partial charge in [0, 0.05) is 20.3 Å². The first-order valence-corrected chi connectivity index (χ1v) is 6.31. The monoisotopic (exact) mass is 262 g/mol. The van der Waals surface area contributed by atoms with Gasteiger partial charge < -0.3 is 15.0 Å². The highest BCUT2D eigenvalue weighted by atomic mass is 16.5. The fourth-order valence-electron chi connectivity index (χ4n) is 2.14. The number of piperazine rings is 1. The maximum absolute atomic E-state index is 12.2. The van der Waals surface area contributed by atoms with Crippen LogP contribution in [0.25, 0.3) is 0 Å². The molecular weight excluding hydrogens is 244 g/mol. The summed E-state index contributed by atoms with van der Waals surface area (Å²) in [4.78, 5) is 25.5. The molecule has 1 heterocycles. The predicted octanol–water partition coefficient (Wildman–Crippen LogP) is 0.550. The standard InChI is InChI=1S/C14H18N2O3/c1-19-8-7-12-14(18)16(10-13(17)15-12)9-11-5-3-2-4-6-11/h2-6,12H,7-10H2,1H3,(H,15,17). The molecule has 1 fully saturated rings. The average molecular weight is 262 g/mol. The molecular formula is C14H18N2O3. The van der Waals surface area contributed by atoms with Crippen molar-refractivity contribution >= 4 is 11.8 Å². The topological polar surface area (TPSA) is 58.6 Å². The molecule has 0 spiro atoms. The van der Waals surface area contributed by atoms with Crippen LogP contribution >= 0.6 is 0 Å². The number of hydrogen-bond acceptors (Lipinski definition) is 3. The normalized spacial score (nSPS) is 19.4. The quantitative estimate of drug-likeness (QED) is 0.843. The number of ether oxygens (including phenoxy) is 1.